The third-order valence-corrected chi connectivity index (χ3v) is 3.78. The van der Waals surface area contributed by atoms with Crippen LogP contribution in [0.15, 0.2) is 46.0 Å². The number of amides is 1. The molecule has 0 unspecified atom stereocenters. The average Bonchev–Trinajstić information content (AvgIpc) is 2.58. The first kappa shape index (κ1) is 17.8. The lowest BCUT2D eigenvalue weighted by Crippen LogP contribution is -2.17. The molecular weight excluding hydrogens is 376 g/mol. The van der Waals surface area contributed by atoms with Gasteiger partial charge in [-0.15, -0.1) is 0 Å². The summed E-state index contributed by atoms with van der Waals surface area (Å²) in [4.78, 5) is 12.0. The van der Waals surface area contributed by atoms with E-state index in [4.69, 9.17) is 9.47 Å². The summed E-state index contributed by atoms with van der Waals surface area (Å²) in [6, 6.07) is 9.86. The SMILES string of the molecule is CCOc1ccc(C(=O)N/N=C\c2cc(O)c(OC)cc2Br)cc1. The number of methoxy groups -OCH3 is 1. The molecular formula is C17H17BrN2O4. The van der Waals surface area contributed by atoms with Gasteiger partial charge in [-0.2, -0.15) is 5.10 Å². The highest BCUT2D eigenvalue weighted by Gasteiger charge is 2.07. The van der Waals surface area contributed by atoms with Gasteiger partial charge in [0, 0.05) is 15.6 Å². The van der Waals surface area contributed by atoms with Crippen molar-refractivity contribution in [3.05, 3.63) is 52.0 Å². The Labute approximate surface area is 148 Å². The highest BCUT2D eigenvalue weighted by atomic mass is 79.9. The average molecular weight is 393 g/mol. The molecule has 2 N–H and O–H groups in total. The van der Waals surface area contributed by atoms with Crippen molar-refractivity contribution in [3.8, 4) is 17.2 Å². The van der Waals surface area contributed by atoms with Crippen LogP contribution in [-0.4, -0.2) is 30.9 Å². The van der Waals surface area contributed by atoms with Crippen LogP contribution in [0.4, 0.5) is 0 Å². The highest BCUT2D eigenvalue weighted by molar-refractivity contribution is 9.10. The van der Waals surface area contributed by atoms with E-state index in [2.05, 4.69) is 26.5 Å². The molecule has 0 saturated heterocycles. The number of phenols is 1. The van der Waals surface area contributed by atoms with Crippen LogP contribution in [0.5, 0.6) is 17.2 Å². The number of aromatic hydroxyl groups is 1. The van der Waals surface area contributed by atoms with Gasteiger partial charge in [-0.05, 0) is 59.3 Å². The molecule has 2 aromatic rings. The van der Waals surface area contributed by atoms with Gasteiger partial charge in [-0.1, -0.05) is 0 Å². The van der Waals surface area contributed by atoms with E-state index in [9.17, 15) is 9.90 Å². The lowest BCUT2D eigenvalue weighted by molar-refractivity contribution is 0.0955. The number of nitrogens with zero attached hydrogens (tertiary/aromatic N) is 1. The fourth-order valence-corrected chi connectivity index (χ4v) is 2.34. The molecule has 0 aliphatic rings. The fourth-order valence-electron chi connectivity index (χ4n) is 1.92. The Hall–Kier alpha value is -2.54. The normalized spacial score (nSPS) is 10.6. The molecule has 126 valence electrons. The largest absolute Gasteiger partial charge is 0.504 e. The zero-order valence-corrected chi connectivity index (χ0v) is 14.8. The van der Waals surface area contributed by atoms with E-state index in [1.54, 1.807) is 30.3 Å². The van der Waals surface area contributed by atoms with Crippen LogP contribution in [-0.2, 0) is 0 Å². The van der Waals surface area contributed by atoms with E-state index >= 15 is 0 Å². The number of carbonyl (C=O) groups is 1. The Morgan fingerprint density at radius 1 is 1.33 bits per heavy atom. The summed E-state index contributed by atoms with van der Waals surface area (Å²) in [7, 11) is 1.46. The van der Waals surface area contributed by atoms with Crippen LogP contribution >= 0.6 is 15.9 Å². The maximum Gasteiger partial charge on any atom is 0.271 e. The van der Waals surface area contributed by atoms with Gasteiger partial charge < -0.3 is 14.6 Å². The molecule has 0 saturated carbocycles. The van der Waals surface area contributed by atoms with Gasteiger partial charge in [0.25, 0.3) is 5.91 Å². The number of carbonyl (C=O) groups excluding carboxylic acids is 1. The second kappa shape index (κ2) is 8.35. The Morgan fingerprint density at radius 3 is 2.67 bits per heavy atom. The van der Waals surface area contributed by atoms with Crippen molar-refractivity contribution >= 4 is 28.1 Å². The van der Waals surface area contributed by atoms with Crippen LogP contribution < -0.4 is 14.9 Å². The van der Waals surface area contributed by atoms with Crippen LogP contribution in [0.1, 0.15) is 22.8 Å². The fraction of sp³-hybridized carbons (Fsp3) is 0.176. The molecule has 2 aromatic carbocycles. The van der Waals surface area contributed by atoms with Crippen LogP contribution in [0.3, 0.4) is 0 Å². The molecule has 0 spiro atoms. The maximum atomic E-state index is 12.0. The standard InChI is InChI=1S/C17H17BrN2O4/c1-3-24-13-6-4-11(5-7-13)17(22)20-19-10-12-8-15(21)16(23-2)9-14(12)18/h4-10,21H,3H2,1-2H3,(H,20,22)/b19-10-. The second-order valence-corrected chi connectivity index (χ2v) is 5.56. The lowest BCUT2D eigenvalue weighted by atomic mass is 10.2. The summed E-state index contributed by atoms with van der Waals surface area (Å²) in [5.74, 6) is 0.691. The highest BCUT2D eigenvalue weighted by Crippen LogP contribution is 2.31. The van der Waals surface area contributed by atoms with Crippen LogP contribution in [0.2, 0.25) is 0 Å². The van der Waals surface area contributed by atoms with Gasteiger partial charge in [-0.25, -0.2) is 5.43 Å². The molecule has 7 heteroatoms. The Bertz CT molecular complexity index is 745. The van der Waals surface area contributed by atoms with Crippen LogP contribution in [0.25, 0.3) is 0 Å². The Balaban J connectivity index is 2.03. The molecule has 0 radical (unpaired) electrons. The van der Waals surface area contributed by atoms with Crippen molar-refractivity contribution in [2.45, 2.75) is 6.92 Å². The van der Waals surface area contributed by atoms with E-state index < -0.39 is 0 Å². The summed E-state index contributed by atoms with van der Waals surface area (Å²) in [6.07, 6.45) is 1.43. The number of ether oxygens (including phenoxy) is 2. The predicted molar refractivity (Wildman–Crippen MR) is 95.0 cm³/mol. The third kappa shape index (κ3) is 4.48. The van der Waals surface area contributed by atoms with Gasteiger partial charge in [0.1, 0.15) is 5.75 Å². The minimum Gasteiger partial charge on any atom is -0.504 e. The monoisotopic (exact) mass is 392 g/mol. The van der Waals surface area contributed by atoms with Gasteiger partial charge in [0.2, 0.25) is 0 Å². The molecule has 0 aromatic heterocycles. The van der Waals surface area contributed by atoms with E-state index in [1.165, 1.54) is 19.4 Å². The maximum absolute atomic E-state index is 12.0. The summed E-state index contributed by atoms with van der Waals surface area (Å²) in [6.45, 7) is 2.46. The molecule has 1 amide bonds. The topological polar surface area (TPSA) is 80.2 Å². The molecule has 0 fully saturated rings. The van der Waals surface area contributed by atoms with E-state index in [-0.39, 0.29) is 11.7 Å². The summed E-state index contributed by atoms with van der Waals surface area (Å²) in [5, 5.41) is 13.7. The molecule has 0 aliphatic carbocycles. The number of hydrogen-bond acceptors (Lipinski definition) is 5. The van der Waals surface area contributed by atoms with Crippen molar-refractivity contribution in [2.75, 3.05) is 13.7 Å². The summed E-state index contributed by atoms with van der Waals surface area (Å²) < 4.78 is 11.0. The van der Waals surface area contributed by atoms with Crippen molar-refractivity contribution in [2.24, 2.45) is 5.10 Å². The number of benzene rings is 2. The molecule has 0 bridgehead atoms. The van der Waals surface area contributed by atoms with Crippen molar-refractivity contribution < 1.29 is 19.4 Å². The van der Waals surface area contributed by atoms with Gasteiger partial charge in [0.05, 0.1) is 19.9 Å². The first-order valence-corrected chi connectivity index (χ1v) is 7.97. The molecule has 0 atom stereocenters. The van der Waals surface area contributed by atoms with Crippen molar-refractivity contribution in [3.63, 3.8) is 0 Å². The minimum atomic E-state index is -0.344. The number of hydrazone groups is 1. The summed E-state index contributed by atoms with van der Waals surface area (Å²) in [5.41, 5.74) is 3.49. The van der Waals surface area contributed by atoms with Crippen LogP contribution in [0, 0.1) is 0 Å². The predicted octanol–water partition coefficient (Wildman–Crippen LogP) is 3.33. The third-order valence-electron chi connectivity index (χ3n) is 3.10. The van der Waals surface area contributed by atoms with E-state index in [0.717, 1.165) is 0 Å². The lowest BCUT2D eigenvalue weighted by Gasteiger charge is -2.06. The molecule has 24 heavy (non-hydrogen) atoms. The first-order valence-electron chi connectivity index (χ1n) is 7.18. The van der Waals surface area contributed by atoms with Crippen molar-refractivity contribution in [1.29, 1.82) is 0 Å². The van der Waals surface area contributed by atoms with E-state index in [0.29, 0.717) is 33.7 Å². The van der Waals surface area contributed by atoms with Gasteiger partial charge in [0.15, 0.2) is 11.5 Å². The number of phenolic OH excluding ortho intramolecular Hbond substituents is 1. The molecule has 2 rings (SSSR count). The summed E-state index contributed by atoms with van der Waals surface area (Å²) >= 11 is 3.35. The Morgan fingerprint density at radius 2 is 2.04 bits per heavy atom. The Kier molecular flexibility index (Phi) is 6.20. The quantitative estimate of drug-likeness (QED) is 0.583. The van der Waals surface area contributed by atoms with Gasteiger partial charge in [-0.3, -0.25) is 4.79 Å². The zero-order valence-electron chi connectivity index (χ0n) is 13.2. The number of hydrogen-bond donors (Lipinski definition) is 2. The number of nitrogens with one attached hydrogen (secondary N) is 1. The van der Waals surface area contributed by atoms with Crippen molar-refractivity contribution in [1.82, 2.24) is 5.43 Å². The molecule has 6 nitrogen and oxygen atoms in total. The van der Waals surface area contributed by atoms with E-state index in [1.807, 2.05) is 6.92 Å². The number of rotatable bonds is 6. The number of halogens is 1. The second-order valence-electron chi connectivity index (χ2n) is 4.70. The smallest absolute Gasteiger partial charge is 0.271 e. The first-order chi connectivity index (χ1) is 11.5. The minimum absolute atomic E-state index is 0.0139. The zero-order chi connectivity index (χ0) is 17.5. The van der Waals surface area contributed by atoms with Gasteiger partial charge >= 0.3 is 0 Å². The molecule has 0 aliphatic heterocycles. The molecule has 0 heterocycles.